The minimum absolute atomic E-state index is 0.375. The van der Waals surface area contributed by atoms with Crippen LogP contribution in [0, 0.1) is 0 Å². The molecular formula is C14H20ClNO2. The van der Waals surface area contributed by atoms with E-state index in [4.69, 9.17) is 21.1 Å². The van der Waals surface area contributed by atoms with Crippen LogP contribution in [0.5, 0.6) is 11.5 Å². The van der Waals surface area contributed by atoms with E-state index in [0.717, 1.165) is 18.7 Å². The van der Waals surface area contributed by atoms with Crippen molar-refractivity contribution >= 4 is 11.6 Å². The number of hydrogen-bond donors (Lipinski definition) is 1. The fourth-order valence-electron chi connectivity index (χ4n) is 2.30. The van der Waals surface area contributed by atoms with E-state index < -0.39 is 0 Å². The molecule has 1 heterocycles. The van der Waals surface area contributed by atoms with Crippen molar-refractivity contribution in [3.8, 4) is 11.5 Å². The zero-order valence-electron chi connectivity index (χ0n) is 11.2. The molecule has 1 aromatic rings. The summed E-state index contributed by atoms with van der Waals surface area (Å²) in [4.78, 5) is 0. The third-order valence-corrected chi connectivity index (χ3v) is 3.50. The zero-order valence-corrected chi connectivity index (χ0v) is 11.9. The van der Waals surface area contributed by atoms with Crippen molar-refractivity contribution in [2.45, 2.75) is 26.2 Å². The molecule has 0 saturated carbocycles. The maximum Gasteiger partial charge on any atom is 0.180 e. The predicted molar refractivity (Wildman–Crippen MR) is 74.2 cm³/mol. The molecule has 0 amide bonds. The quantitative estimate of drug-likeness (QED) is 0.912. The molecule has 1 aliphatic heterocycles. The van der Waals surface area contributed by atoms with Crippen LogP contribution in [0.2, 0.25) is 5.02 Å². The monoisotopic (exact) mass is 269 g/mol. The summed E-state index contributed by atoms with van der Waals surface area (Å²) in [5.74, 6) is 1.86. The molecule has 4 heteroatoms. The summed E-state index contributed by atoms with van der Waals surface area (Å²) in [7, 11) is 1.95. The number of halogens is 1. The Bertz CT molecular complexity index is 432. The van der Waals surface area contributed by atoms with Gasteiger partial charge in [0.15, 0.2) is 11.5 Å². The molecule has 1 aliphatic rings. The van der Waals surface area contributed by atoms with Gasteiger partial charge in [-0.15, -0.1) is 0 Å². The summed E-state index contributed by atoms with van der Waals surface area (Å²) < 4.78 is 11.3. The Hall–Kier alpha value is -0.930. The summed E-state index contributed by atoms with van der Waals surface area (Å²) >= 11 is 6.48. The van der Waals surface area contributed by atoms with Crippen LogP contribution in [0.15, 0.2) is 6.07 Å². The van der Waals surface area contributed by atoms with Crippen LogP contribution in [-0.4, -0.2) is 26.8 Å². The number of nitrogens with one attached hydrogen (secondary N) is 1. The van der Waals surface area contributed by atoms with Crippen LogP contribution in [-0.2, 0) is 6.42 Å². The van der Waals surface area contributed by atoms with Crippen LogP contribution in [0.4, 0.5) is 0 Å². The molecule has 0 bridgehead atoms. The van der Waals surface area contributed by atoms with Gasteiger partial charge in [-0.3, -0.25) is 0 Å². The Labute approximate surface area is 113 Å². The number of rotatable bonds is 4. The molecule has 1 N–H and O–H groups in total. The molecule has 2 rings (SSSR count). The van der Waals surface area contributed by atoms with E-state index >= 15 is 0 Å². The normalized spacial score (nSPS) is 14.1. The summed E-state index contributed by atoms with van der Waals surface area (Å²) in [5, 5.41) is 3.88. The number of hydrogen-bond acceptors (Lipinski definition) is 3. The fraction of sp³-hybridized carbons (Fsp3) is 0.571. The molecule has 100 valence electrons. The fourth-order valence-corrected chi connectivity index (χ4v) is 2.79. The van der Waals surface area contributed by atoms with Crippen molar-refractivity contribution in [3.05, 3.63) is 22.2 Å². The van der Waals surface area contributed by atoms with Gasteiger partial charge in [0, 0.05) is 0 Å². The van der Waals surface area contributed by atoms with Gasteiger partial charge in [0.2, 0.25) is 0 Å². The van der Waals surface area contributed by atoms with Gasteiger partial charge in [-0.1, -0.05) is 25.4 Å². The van der Waals surface area contributed by atoms with E-state index in [2.05, 4.69) is 25.2 Å². The van der Waals surface area contributed by atoms with Crippen LogP contribution in [0.25, 0.3) is 0 Å². The predicted octanol–water partition coefficient (Wildman–Crippen LogP) is 3.00. The average Bonchev–Trinajstić information content (AvgIpc) is 2.36. The summed E-state index contributed by atoms with van der Waals surface area (Å²) in [6.07, 6.45) is 0.945. The first kappa shape index (κ1) is 13.5. The van der Waals surface area contributed by atoms with Crippen molar-refractivity contribution in [2.75, 3.05) is 26.8 Å². The lowest BCUT2D eigenvalue weighted by atomic mass is 9.94. The molecule has 0 aliphatic carbocycles. The van der Waals surface area contributed by atoms with Gasteiger partial charge in [-0.05, 0) is 43.1 Å². The van der Waals surface area contributed by atoms with Crippen LogP contribution in [0.1, 0.15) is 30.9 Å². The second-order valence-electron chi connectivity index (χ2n) is 4.80. The van der Waals surface area contributed by atoms with Crippen molar-refractivity contribution < 1.29 is 9.47 Å². The topological polar surface area (TPSA) is 30.5 Å². The highest BCUT2D eigenvalue weighted by atomic mass is 35.5. The largest absolute Gasteiger partial charge is 0.486 e. The van der Waals surface area contributed by atoms with Crippen LogP contribution >= 0.6 is 11.6 Å². The summed E-state index contributed by atoms with van der Waals surface area (Å²) in [6, 6.07) is 2.08. The lowest BCUT2D eigenvalue weighted by Gasteiger charge is -2.24. The van der Waals surface area contributed by atoms with E-state index in [1.807, 2.05) is 7.05 Å². The van der Waals surface area contributed by atoms with Crippen molar-refractivity contribution in [3.63, 3.8) is 0 Å². The maximum atomic E-state index is 6.48. The Kier molecular flexibility index (Phi) is 4.36. The first-order chi connectivity index (χ1) is 8.65. The minimum atomic E-state index is 0.375. The molecule has 0 radical (unpaired) electrons. The number of likely N-dealkylation sites (N-methyl/N-ethyl adjacent to an activating group) is 1. The van der Waals surface area contributed by atoms with Gasteiger partial charge in [0.05, 0.1) is 5.02 Å². The van der Waals surface area contributed by atoms with E-state index in [-0.39, 0.29) is 0 Å². The van der Waals surface area contributed by atoms with Gasteiger partial charge < -0.3 is 14.8 Å². The molecule has 0 aromatic heterocycles. The molecule has 3 nitrogen and oxygen atoms in total. The van der Waals surface area contributed by atoms with Crippen molar-refractivity contribution in [1.29, 1.82) is 0 Å². The van der Waals surface area contributed by atoms with Crippen LogP contribution in [0.3, 0.4) is 0 Å². The average molecular weight is 270 g/mol. The van der Waals surface area contributed by atoms with E-state index in [1.165, 1.54) is 11.1 Å². The van der Waals surface area contributed by atoms with E-state index in [9.17, 15) is 0 Å². The van der Waals surface area contributed by atoms with Gasteiger partial charge in [0.1, 0.15) is 13.2 Å². The highest BCUT2D eigenvalue weighted by molar-refractivity contribution is 6.33. The first-order valence-corrected chi connectivity index (χ1v) is 6.78. The smallest absolute Gasteiger partial charge is 0.180 e. The molecule has 0 fully saturated rings. The maximum absolute atomic E-state index is 6.48. The third-order valence-electron chi connectivity index (χ3n) is 3.12. The number of ether oxygens (including phenoxy) is 2. The minimum Gasteiger partial charge on any atom is -0.486 e. The van der Waals surface area contributed by atoms with Crippen molar-refractivity contribution in [1.82, 2.24) is 5.32 Å². The van der Waals surface area contributed by atoms with Crippen LogP contribution < -0.4 is 14.8 Å². The molecule has 0 unspecified atom stereocenters. The Morgan fingerprint density at radius 1 is 1.33 bits per heavy atom. The first-order valence-electron chi connectivity index (χ1n) is 6.40. The van der Waals surface area contributed by atoms with Crippen molar-refractivity contribution in [2.24, 2.45) is 0 Å². The Morgan fingerprint density at radius 3 is 2.72 bits per heavy atom. The number of fused-ring (bicyclic) bond motifs is 1. The molecular weight excluding hydrogens is 250 g/mol. The highest BCUT2D eigenvalue weighted by Crippen LogP contribution is 2.44. The Morgan fingerprint density at radius 2 is 2.06 bits per heavy atom. The van der Waals surface area contributed by atoms with Gasteiger partial charge in [0.25, 0.3) is 0 Å². The summed E-state index contributed by atoms with van der Waals surface area (Å²) in [5.41, 5.74) is 2.42. The second-order valence-corrected chi connectivity index (χ2v) is 5.17. The zero-order chi connectivity index (χ0) is 13.1. The second kappa shape index (κ2) is 5.81. The summed E-state index contributed by atoms with van der Waals surface area (Å²) in [6.45, 7) is 6.39. The molecule has 1 aromatic carbocycles. The molecule has 0 saturated heterocycles. The molecule has 18 heavy (non-hydrogen) atoms. The lowest BCUT2D eigenvalue weighted by molar-refractivity contribution is 0.171. The Balaban J connectivity index is 2.46. The van der Waals surface area contributed by atoms with Gasteiger partial charge in [-0.25, -0.2) is 0 Å². The van der Waals surface area contributed by atoms with Gasteiger partial charge in [-0.2, -0.15) is 0 Å². The van der Waals surface area contributed by atoms with Gasteiger partial charge >= 0.3 is 0 Å². The SMILES string of the molecule is CNCCc1cc2c(c(Cl)c1C(C)C)OCCO2. The highest BCUT2D eigenvalue weighted by Gasteiger charge is 2.22. The third kappa shape index (κ3) is 2.57. The molecule has 0 atom stereocenters. The molecule has 0 spiro atoms. The van der Waals surface area contributed by atoms with E-state index in [1.54, 1.807) is 0 Å². The number of benzene rings is 1. The lowest BCUT2D eigenvalue weighted by Crippen LogP contribution is -2.18. The standard InChI is InChI=1S/C14H20ClNO2/c1-9(2)12-10(4-5-16-3)8-11-14(13(12)15)18-7-6-17-11/h8-9,16H,4-7H2,1-3H3. The van der Waals surface area contributed by atoms with E-state index in [0.29, 0.717) is 29.9 Å².